The molecule has 0 bridgehead atoms. The number of hydrogen-bond donors (Lipinski definition) is 1. The third-order valence-corrected chi connectivity index (χ3v) is 3.36. The average molecular weight is 264 g/mol. The van der Waals surface area contributed by atoms with Crippen molar-refractivity contribution in [3.05, 3.63) is 41.7 Å². The molecule has 0 radical (unpaired) electrons. The zero-order valence-corrected chi connectivity index (χ0v) is 12.5. The molecule has 0 aromatic heterocycles. The minimum atomic E-state index is -0.141. The Bertz CT molecular complexity index is 429. The van der Waals surface area contributed by atoms with Gasteiger partial charge in [0.2, 0.25) is 0 Å². The Balaban J connectivity index is 3.25. The van der Waals surface area contributed by atoms with Crippen molar-refractivity contribution in [1.29, 1.82) is 0 Å². The number of likely N-dealkylation sites (N-methyl/N-ethyl adjacent to an activating group) is 1. The molecule has 1 unspecified atom stereocenters. The lowest BCUT2D eigenvalue weighted by atomic mass is 10.0. The van der Waals surface area contributed by atoms with Crippen LogP contribution in [0.3, 0.4) is 0 Å². The number of nitrogens with zero attached hydrogens (tertiary/aromatic N) is 1. The van der Waals surface area contributed by atoms with Crippen molar-refractivity contribution in [2.24, 2.45) is 0 Å². The fraction of sp³-hybridized carbons (Fsp3) is 0.500. The molecule has 0 aliphatic rings. The lowest BCUT2D eigenvalue weighted by molar-refractivity contribution is 0.578. The van der Waals surface area contributed by atoms with Crippen molar-refractivity contribution in [3.8, 4) is 0 Å². The molecular formula is C16H25FN2. The van der Waals surface area contributed by atoms with Crippen molar-refractivity contribution < 1.29 is 4.39 Å². The van der Waals surface area contributed by atoms with E-state index in [4.69, 9.17) is 0 Å². The Morgan fingerprint density at radius 1 is 1.42 bits per heavy atom. The van der Waals surface area contributed by atoms with Crippen LogP contribution in [-0.4, -0.2) is 19.6 Å². The molecule has 0 aliphatic carbocycles. The Morgan fingerprint density at radius 2 is 2.11 bits per heavy atom. The highest BCUT2D eigenvalue weighted by atomic mass is 19.1. The Labute approximate surface area is 116 Å². The van der Waals surface area contributed by atoms with E-state index in [2.05, 4.69) is 37.6 Å². The lowest BCUT2D eigenvalue weighted by Crippen LogP contribution is -2.27. The van der Waals surface area contributed by atoms with Crippen LogP contribution in [0.25, 0.3) is 0 Å². The first kappa shape index (κ1) is 15.7. The second kappa shape index (κ2) is 7.29. The molecule has 1 aromatic carbocycles. The standard InChI is InChI=1S/C16H25FN2/c1-6-9-19(8-3)16-10-12(4)15(17)11-14(16)13(5)18-7-2/h6,10-11,13,18H,1,7-9H2,2-5H3. The van der Waals surface area contributed by atoms with E-state index in [1.165, 1.54) is 0 Å². The summed E-state index contributed by atoms with van der Waals surface area (Å²) < 4.78 is 13.8. The van der Waals surface area contributed by atoms with Crippen LogP contribution in [0.15, 0.2) is 24.8 Å². The maximum Gasteiger partial charge on any atom is 0.126 e. The summed E-state index contributed by atoms with van der Waals surface area (Å²) >= 11 is 0. The summed E-state index contributed by atoms with van der Waals surface area (Å²) in [6, 6.07) is 3.73. The summed E-state index contributed by atoms with van der Waals surface area (Å²) in [5, 5.41) is 3.35. The number of anilines is 1. The van der Waals surface area contributed by atoms with Crippen LogP contribution in [0, 0.1) is 12.7 Å². The minimum Gasteiger partial charge on any atom is -0.368 e. The van der Waals surface area contributed by atoms with E-state index in [-0.39, 0.29) is 11.9 Å². The molecule has 1 atom stereocenters. The Kier molecular flexibility index (Phi) is 6.03. The van der Waals surface area contributed by atoms with E-state index in [0.29, 0.717) is 5.56 Å². The van der Waals surface area contributed by atoms with Gasteiger partial charge in [0.25, 0.3) is 0 Å². The summed E-state index contributed by atoms with van der Waals surface area (Å²) in [6.07, 6.45) is 1.88. The summed E-state index contributed by atoms with van der Waals surface area (Å²) in [4.78, 5) is 2.21. The summed E-state index contributed by atoms with van der Waals surface area (Å²) in [5.41, 5.74) is 2.79. The second-order valence-electron chi connectivity index (χ2n) is 4.77. The molecule has 1 rings (SSSR count). The van der Waals surface area contributed by atoms with Gasteiger partial charge in [0.1, 0.15) is 5.82 Å². The van der Waals surface area contributed by atoms with Crippen LogP contribution >= 0.6 is 0 Å². The van der Waals surface area contributed by atoms with Gasteiger partial charge in [-0.15, -0.1) is 6.58 Å². The first-order valence-corrected chi connectivity index (χ1v) is 6.94. The van der Waals surface area contributed by atoms with Gasteiger partial charge in [0, 0.05) is 24.8 Å². The highest BCUT2D eigenvalue weighted by molar-refractivity contribution is 5.57. The molecule has 19 heavy (non-hydrogen) atoms. The fourth-order valence-corrected chi connectivity index (χ4v) is 2.27. The van der Waals surface area contributed by atoms with Crippen molar-refractivity contribution in [2.75, 3.05) is 24.5 Å². The number of rotatable bonds is 7. The normalized spacial score (nSPS) is 12.3. The summed E-state index contributed by atoms with van der Waals surface area (Å²) in [6.45, 7) is 14.3. The van der Waals surface area contributed by atoms with Gasteiger partial charge in [0.05, 0.1) is 0 Å². The van der Waals surface area contributed by atoms with Gasteiger partial charge in [0.15, 0.2) is 0 Å². The van der Waals surface area contributed by atoms with Gasteiger partial charge in [-0.3, -0.25) is 0 Å². The molecule has 1 aromatic rings. The first-order chi connectivity index (χ1) is 9.04. The molecule has 0 spiro atoms. The van der Waals surface area contributed by atoms with Crippen molar-refractivity contribution >= 4 is 5.69 Å². The molecule has 0 heterocycles. The highest BCUT2D eigenvalue weighted by Gasteiger charge is 2.16. The van der Waals surface area contributed by atoms with Crippen molar-refractivity contribution in [2.45, 2.75) is 33.7 Å². The molecule has 0 aliphatic heterocycles. The van der Waals surface area contributed by atoms with Gasteiger partial charge in [-0.2, -0.15) is 0 Å². The quantitative estimate of drug-likeness (QED) is 0.753. The zero-order chi connectivity index (χ0) is 14.4. The molecular weight excluding hydrogens is 239 g/mol. The van der Waals surface area contributed by atoms with Gasteiger partial charge in [-0.25, -0.2) is 4.39 Å². The number of hydrogen-bond acceptors (Lipinski definition) is 2. The maximum absolute atomic E-state index is 13.8. The van der Waals surface area contributed by atoms with Crippen LogP contribution in [-0.2, 0) is 0 Å². The van der Waals surface area contributed by atoms with E-state index in [9.17, 15) is 4.39 Å². The molecule has 1 N–H and O–H groups in total. The number of benzene rings is 1. The highest BCUT2D eigenvalue weighted by Crippen LogP contribution is 2.29. The third kappa shape index (κ3) is 3.80. The van der Waals surface area contributed by atoms with Crippen LogP contribution in [0.1, 0.15) is 37.9 Å². The van der Waals surface area contributed by atoms with Gasteiger partial charge < -0.3 is 10.2 Å². The minimum absolute atomic E-state index is 0.133. The number of aryl methyl sites for hydroxylation is 1. The first-order valence-electron chi connectivity index (χ1n) is 6.94. The van der Waals surface area contributed by atoms with E-state index in [0.717, 1.165) is 30.9 Å². The van der Waals surface area contributed by atoms with Gasteiger partial charge in [-0.05, 0) is 50.6 Å². The van der Waals surface area contributed by atoms with Gasteiger partial charge in [-0.1, -0.05) is 13.0 Å². The van der Waals surface area contributed by atoms with Crippen LogP contribution in [0.2, 0.25) is 0 Å². The SMILES string of the molecule is C=CCN(CC)c1cc(C)c(F)cc1C(C)NCC. The predicted octanol–water partition coefficient (Wildman–Crippen LogP) is 3.82. The van der Waals surface area contributed by atoms with Gasteiger partial charge >= 0.3 is 0 Å². The zero-order valence-electron chi connectivity index (χ0n) is 12.5. The lowest BCUT2D eigenvalue weighted by Gasteiger charge is -2.27. The largest absolute Gasteiger partial charge is 0.368 e. The fourth-order valence-electron chi connectivity index (χ4n) is 2.27. The maximum atomic E-state index is 13.8. The second-order valence-corrected chi connectivity index (χ2v) is 4.77. The molecule has 106 valence electrons. The van der Waals surface area contributed by atoms with Crippen LogP contribution in [0.4, 0.5) is 10.1 Å². The summed E-state index contributed by atoms with van der Waals surface area (Å²) in [5.74, 6) is -0.141. The number of halogens is 1. The molecule has 3 heteroatoms. The van der Waals surface area contributed by atoms with Crippen LogP contribution in [0.5, 0.6) is 0 Å². The van der Waals surface area contributed by atoms with Crippen LogP contribution < -0.4 is 10.2 Å². The topological polar surface area (TPSA) is 15.3 Å². The van der Waals surface area contributed by atoms with E-state index < -0.39 is 0 Å². The van der Waals surface area contributed by atoms with E-state index >= 15 is 0 Å². The molecule has 0 saturated heterocycles. The molecule has 0 fully saturated rings. The average Bonchev–Trinajstić information content (AvgIpc) is 2.39. The summed E-state index contributed by atoms with van der Waals surface area (Å²) in [7, 11) is 0. The Morgan fingerprint density at radius 3 is 2.63 bits per heavy atom. The van der Waals surface area contributed by atoms with Crippen molar-refractivity contribution in [1.82, 2.24) is 5.32 Å². The van der Waals surface area contributed by atoms with Crippen molar-refractivity contribution in [3.63, 3.8) is 0 Å². The number of nitrogens with one attached hydrogen (secondary N) is 1. The monoisotopic (exact) mass is 264 g/mol. The molecule has 0 saturated carbocycles. The molecule has 2 nitrogen and oxygen atoms in total. The molecule has 0 amide bonds. The Hall–Kier alpha value is -1.35. The smallest absolute Gasteiger partial charge is 0.126 e. The predicted molar refractivity (Wildman–Crippen MR) is 81.3 cm³/mol. The van der Waals surface area contributed by atoms with E-state index in [1.807, 2.05) is 19.1 Å². The third-order valence-electron chi connectivity index (χ3n) is 3.36. The van der Waals surface area contributed by atoms with E-state index in [1.54, 1.807) is 6.07 Å².